The lowest BCUT2D eigenvalue weighted by molar-refractivity contribution is -0.119. The zero-order valence-electron chi connectivity index (χ0n) is 12.5. The molecule has 21 heavy (non-hydrogen) atoms. The van der Waals surface area contributed by atoms with E-state index in [-0.39, 0.29) is 17.9 Å². The Hall–Kier alpha value is -1.88. The van der Waals surface area contributed by atoms with Gasteiger partial charge in [-0.25, -0.2) is 4.98 Å². The van der Waals surface area contributed by atoms with Gasteiger partial charge in [-0.15, -0.1) is 0 Å². The van der Waals surface area contributed by atoms with Crippen LogP contribution in [0, 0.1) is 5.92 Å². The topological polar surface area (TPSA) is 83.8 Å². The van der Waals surface area contributed by atoms with Crippen LogP contribution in [0.5, 0.6) is 0 Å². The average Bonchev–Trinajstić information content (AvgIpc) is 2.77. The number of nitrogens with two attached hydrogens (primary N) is 1. The van der Waals surface area contributed by atoms with Crippen LogP contribution in [0.15, 0.2) is 18.2 Å². The summed E-state index contributed by atoms with van der Waals surface area (Å²) in [5.74, 6) is 1.38. The molecule has 2 aromatic rings. The van der Waals surface area contributed by atoms with E-state index in [1.54, 1.807) is 0 Å². The number of carbonyl (C=O) groups is 1. The number of amides is 1. The van der Waals surface area contributed by atoms with Gasteiger partial charge in [0.05, 0.1) is 17.0 Å². The minimum atomic E-state index is -0.215. The number of fused-ring (bicyclic) bond motifs is 1. The van der Waals surface area contributed by atoms with Crippen molar-refractivity contribution in [2.24, 2.45) is 11.7 Å². The third-order valence-electron chi connectivity index (χ3n) is 4.46. The summed E-state index contributed by atoms with van der Waals surface area (Å²) in [6.07, 6.45) is 3.73. The fourth-order valence-electron chi connectivity index (χ4n) is 2.48. The minimum Gasteiger partial charge on any atom is -0.342 e. The fourth-order valence-corrected chi connectivity index (χ4v) is 2.48. The molecule has 1 heterocycles. The van der Waals surface area contributed by atoms with E-state index in [1.807, 2.05) is 32.0 Å². The third kappa shape index (κ3) is 2.78. The average molecular weight is 286 g/mol. The quantitative estimate of drug-likeness (QED) is 0.808. The fraction of sp³-hybridized carbons (Fsp3) is 0.500. The van der Waals surface area contributed by atoms with Gasteiger partial charge in [0.1, 0.15) is 5.82 Å². The van der Waals surface area contributed by atoms with Crippen LogP contribution < -0.4 is 11.1 Å². The van der Waals surface area contributed by atoms with Crippen molar-refractivity contribution < 1.29 is 4.79 Å². The Morgan fingerprint density at radius 3 is 2.81 bits per heavy atom. The second-order valence-corrected chi connectivity index (χ2v) is 6.12. The maximum atomic E-state index is 12.0. The van der Waals surface area contributed by atoms with Crippen molar-refractivity contribution in [3.63, 3.8) is 0 Å². The van der Waals surface area contributed by atoms with Crippen LogP contribution >= 0.6 is 0 Å². The molecule has 1 amide bonds. The highest BCUT2D eigenvalue weighted by atomic mass is 16.1. The van der Waals surface area contributed by atoms with Gasteiger partial charge in [0, 0.05) is 17.6 Å². The number of H-pyrrole nitrogens is 1. The first-order chi connectivity index (χ1) is 10.0. The van der Waals surface area contributed by atoms with Gasteiger partial charge >= 0.3 is 0 Å². The van der Waals surface area contributed by atoms with Gasteiger partial charge in [-0.2, -0.15) is 0 Å². The SMILES string of the molecule is CC(N)C(C)C(=O)Nc1ccc2nc(C3CCC3)[nH]c2c1. The molecule has 2 atom stereocenters. The monoisotopic (exact) mass is 286 g/mol. The van der Waals surface area contributed by atoms with Crippen molar-refractivity contribution in [3.05, 3.63) is 24.0 Å². The largest absolute Gasteiger partial charge is 0.342 e. The number of benzene rings is 1. The molecular weight excluding hydrogens is 264 g/mol. The van der Waals surface area contributed by atoms with Crippen molar-refractivity contribution in [3.8, 4) is 0 Å². The lowest BCUT2D eigenvalue weighted by Crippen LogP contribution is -2.34. The van der Waals surface area contributed by atoms with Crippen LogP contribution in [-0.2, 0) is 4.79 Å². The van der Waals surface area contributed by atoms with Gasteiger partial charge in [0.15, 0.2) is 0 Å². The molecule has 1 aliphatic carbocycles. The summed E-state index contributed by atoms with van der Waals surface area (Å²) in [6.45, 7) is 3.68. The molecule has 0 spiro atoms. The first-order valence-electron chi connectivity index (χ1n) is 7.60. The number of aromatic amines is 1. The third-order valence-corrected chi connectivity index (χ3v) is 4.46. The highest BCUT2D eigenvalue weighted by Crippen LogP contribution is 2.35. The zero-order chi connectivity index (χ0) is 15.0. The molecule has 1 saturated carbocycles. The Kier molecular flexibility index (Phi) is 3.68. The Balaban J connectivity index is 1.78. The Morgan fingerprint density at radius 1 is 1.43 bits per heavy atom. The number of hydrogen-bond donors (Lipinski definition) is 3. The number of anilines is 1. The lowest BCUT2D eigenvalue weighted by atomic mass is 9.85. The van der Waals surface area contributed by atoms with E-state index >= 15 is 0 Å². The van der Waals surface area contributed by atoms with Crippen LogP contribution in [0.2, 0.25) is 0 Å². The minimum absolute atomic E-state index is 0.0527. The number of imidazole rings is 1. The Morgan fingerprint density at radius 2 is 2.19 bits per heavy atom. The van der Waals surface area contributed by atoms with Gasteiger partial charge in [-0.1, -0.05) is 13.3 Å². The second kappa shape index (κ2) is 5.48. The van der Waals surface area contributed by atoms with E-state index in [0.29, 0.717) is 5.92 Å². The van der Waals surface area contributed by atoms with E-state index in [4.69, 9.17) is 5.73 Å². The number of carbonyl (C=O) groups excluding carboxylic acids is 1. The summed E-state index contributed by atoms with van der Waals surface area (Å²) in [5.41, 5.74) is 8.47. The molecule has 0 aliphatic heterocycles. The van der Waals surface area contributed by atoms with Gasteiger partial charge in [0.2, 0.25) is 5.91 Å². The molecular formula is C16H22N4O. The molecule has 2 unspecified atom stereocenters. The molecule has 1 aromatic carbocycles. The summed E-state index contributed by atoms with van der Waals surface area (Å²) in [7, 11) is 0. The molecule has 5 nitrogen and oxygen atoms in total. The lowest BCUT2D eigenvalue weighted by Gasteiger charge is -2.22. The normalized spacial score (nSPS) is 18.2. The first kappa shape index (κ1) is 14.1. The Bertz CT molecular complexity index is 657. The van der Waals surface area contributed by atoms with Crippen molar-refractivity contribution >= 4 is 22.6 Å². The second-order valence-electron chi connectivity index (χ2n) is 6.12. The molecule has 0 bridgehead atoms. The number of nitrogens with zero attached hydrogens (tertiary/aromatic N) is 1. The van der Waals surface area contributed by atoms with Gasteiger partial charge in [-0.3, -0.25) is 4.79 Å². The van der Waals surface area contributed by atoms with Crippen LogP contribution in [0.25, 0.3) is 11.0 Å². The molecule has 1 aliphatic rings. The van der Waals surface area contributed by atoms with E-state index < -0.39 is 0 Å². The highest BCUT2D eigenvalue weighted by Gasteiger charge is 2.23. The van der Waals surface area contributed by atoms with E-state index in [2.05, 4.69) is 15.3 Å². The number of aromatic nitrogens is 2. The molecule has 0 saturated heterocycles. The Labute approximate surface area is 124 Å². The van der Waals surface area contributed by atoms with Gasteiger partial charge < -0.3 is 16.0 Å². The van der Waals surface area contributed by atoms with E-state index in [0.717, 1.165) is 22.5 Å². The predicted octanol–water partition coefficient (Wildman–Crippen LogP) is 2.75. The zero-order valence-corrected chi connectivity index (χ0v) is 12.5. The van der Waals surface area contributed by atoms with E-state index in [9.17, 15) is 4.79 Å². The molecule has 1 aromatic heterocycles. The van der Waals surface area contributed by atoms with Crippen LogP contribution in [0.1, 0.15) is 44.9 Å². The van der Waals surface area contributed by atoms with Gasteiger partial charge in [0.25, 0.3) is 0 Å². The van der Waals surface area contributed by atoms with E-state index in [1.165, 1.54) is 19.3 Å². The van der Waals surface area contributed by atoms with Crippen molar-refractivity contribution in [2.45, 2.75) is 45.1 Å². The molecule has 4 N–H and O–H groups in total. The highest BCUT2D eigenvalue weighted by molar-refractivity contribution is 5.94. The summed E-state index contributed by atoms with van der Waals surface area (Å²) < 4.78 is 0. The van der Waals surface area contributed by atoms with Crippen molar-refractivity contribution in [1.82, 2.24) is 9.97 Å². The maximum Gasteiger partial charge on any atom is 0.228 e. The predicted molar refractivity (Wildman–Crippen MR) is 84.1 cm³/mol. The summed E-state index contributed by atoms with van der Waals surface area (Å²) in [6, 6.07) is 5.61. The number of nitrogens with one attached hydrogen (secondary N) is 2. The summed E-state index contributed by atoms with van der Waals surface area (Å²) in [4.78, 5) is 20.0. The summed E-state index contributed by atoms with van der Waals surface area (Å²) in [5, 5.41) is 2.91. The van der Waals surface area contributed by atoms with Gasteiger partial charge in [-0.05, 0) is 38.0 Å². The van der Waals surface area contributed by atoms with Crippen molar-refractivity contribution in [1.29, 1.82) is 0 Å². The number of hydrogen-bond acceptors (Lipinski definition) is 3. The number of rotatable bonds is 4. The smallest absolute Gasteiger partial charge is 0.228 e. The molecule has 3 rings (SSSR count). The van der Waals surface area contributed by atoms with Crippen LogP contribution in [0.4, 0.5) is 5.69 Å². The standard InChI is InChI=1S/C16H22N4O/c1-9(10(2)17)16(21)18-12-6-7-13-14(8-12)20-15(19-13)11-4-3-5-11/h6-11H,3-5,17H2,1-2H3,(H,18,21)(H,19,20). The maximum absolute atomic E-state index is 12.0. The van der Waals surface area contributed by atoms with Crippen molar-refractivity contribution in [2.75, 3.05) is 5.32 Å². The molecule has 0 radical (unpaired) electrons. The molecule has 1 fully saturated rings. The van der Waals surface area contributed by atoms with Crippen LogP contribution in [0.3, 0.4) is 0 Å². The molecule has 112 valence electrons. The van der Waals surface area contributed by atoms with Crippen LogP contribution in [-0.4, -0.2) is 21.9 Å². The first-order valence-corrected chi connectivity index (χ1v) is 7.60. The molecule has 5 heteroatoms. The summed E-state index contributed by atoms with van der Waals surface area (Å²) >= 11 is 0.